The van der Waals surface area contributed by atoms with Crippen molar-refractivity contribution in [2.45, 2.75) is 19.4 Å². The smallest absolute Gasteiger partial charge is 0.133 e. The quantitative estimate of drug-likeness (QED) is 0.522. The zero-order valence-corrected chi connectivity index (χ0v) is 9.85. The van der Waals surface area contributed by atoms with Crippen LogP contribution in [0.1, 0.15) is 24.3 Å². The Kier molecular flexibility index (Phi) is 6.23. The molecule has 84 valence electrons. The minimum Gasteiger partial charge on any atom is -0.309 e. The summed E-state index contributed by atoms with van der Waals surface area (Å²) < 4.78 is 0. The Balaban J connectivity index is 2.20. The highest BCUT2D eigenvalue weighted by molar-refractivity contribution is 7.10. The van der Waals surface area contributed by atoms with Gasteiger partial charge in [0.2, 0.25) is 0 Å². The number of carbonyl (C=O) groups excluding carboxylic acids is 1. The first-order valence-corrected chi connectivity index (χ1v) is 6.17. The summed E-state index contributed by atoms with van der Waals surface area (Å²) in [4.78, 5) is 11.4. The lowest BCUT2D eigenvalue weighted by Crippen LogP contribution is -2.30. The highest BCUT2D eigenvalue weighted by Crippen LogP contribution is 2.20. The predicted octanol–water partition coefficient (Wildman–Crippen LogP) is 1.58. The van der Waals surface area contributed by atoms with Crippen LogP contribution in [-0.4, -0.2) is 25.9 Å². The molecule has 0 aromatic carbocycles. The maximum atomic E-state index is 10.1. The van der Waals surface area contributed by atoms with Gasteiger partial charge in [-0.05, 0) is 17.9 Å². The number of aldehydes is 1. The molecule has 1 unspecified atom stereocenters. The molecule has 0 aliphatic heterocycles. The molecule has 0 amide bonds. The lowest BCUT2D eigenvalue weighted by Gasteiger charge is -2.15. The number of carbonyl (C=O) groups is 1. The van der Waals surface area contributed by atoms with Crippen LogP contribution < -0.4 is 10.6 Å². The van der Waals surface area contributed by atoms with Gasteiger partial charge in [0.1, 0.15) is 6.29 Å². The molecular weight excluding hydrogens is 208 g/mol. The summed E-state index contributed by atoms with van der Waals surface area (Å²) in [6, 6.07) is 4.68. The second-order valence-electron chi connectivity index (χ2n) is 3.30. The third-order valence-electron chi connectivity index (χ3n) is 2.22. The number of thiophene rings is 1. The van der Waals surface area contributed by atoms with Crippen molar-refractivity contribution in [2.24, 2.45) is 0 Å². The second-order valence-corrected chi connectivity index (χ2v) is 4.28. The van der Waals surface area contributed by atoms with Gasteiger partial charge in [0.15, 0.2) is 0 Å². The lowest BCUT2D eigenvalue weighted by atomic mass is 10.2. The molecule has 3 nitrogen and oxygen atoms in total. The van der Waals surface area contributed by atoms with E-state index in [1.54, 1.807) is 11.3 Å². The van der Waals surface area contributed by atoms with Gasteiger partial charge in [0.25, 0.3) is 0 Å². The van der Waals surface area contributed by atoms with Crippen LogP contribution in [0.5, 0.6) is 0 Å². The molecule has 1 rings (SSSR count). The van der Waals surface area contributed by atoms with E-state index in [2.05, 4.69) is 35.1 Å². The molecule has 0 fully saturated rings. The first kappa shape index (κ1) is 12.4. The molecule has 15 heavy (non-hydrogen) atoms. The van der Waals surface area contributed by atoms with E-state index in [4.69, 9.17) is 0 Å². The molecule has 0 spiro atoms. The summed E-state index contributed by atoms with van der Waals surface area (Å²) in [7, 11) is 0. The van der Waals surface area contributed by atoms with Crippen LogP contribution in [0.3, 0.4) is 0 Å². The van der Waals surface area contributed by atoms with Gasteiger partial charge in [0.05, 0.1) is 6.54 Å². The SMILES string of the molecule is CCC(NCCNCC=O)c1cccs1. The fourth-order valence-electron chi connectivity index (χ4n) is 1.43. The van der Waals surface area contributed by atoms with Crippen LogP contribution in [-0.2, 0) is 4.79 Å². The summed E-state index contributed by atoms with van der Waals surface area (Å²) in [6.45, 7) is 4.35. The van der Waals surface area contributed by atoms with E-state index in [9.17, 15) is 4.79 Å². The first-order valence-electron chi connectivity index (χ1n) is 5.29. The van der Waals surface area contributed by atoms with E-state index in [1.807, 2.05) is 0 Å². The molecular formula is C11H18N2OS. The maximum Gasteiger partial charge on any atom is 0.133 e. The van der Waals surface area contributed by atoms with E-state index >= 15 is 0 Å². The van der Waals surface area contributed by atoms with Gasteiger partial charge >= 0.3 is 0 Å². The predicted molar refractivity (Wildman–Crippen MR) is 64.3 cm³/mol. The van der Waals surface area contributed by atoms with Crippen LogP contribution in [0.2, 0.25) is 0 Å². The molecule has 1 aromatic heterocycles. The van der Waals surface area contributed by atoms with E-state index in [-0.39, 0.29) is 0 Å². The van der Waals surface area contributed by atoms with Crippen molar-refractivity contribution in [1.82, 2.24) is 10.6 Å². The van der Waals surface area contributed by atoms with Crippen molar-refractivity contribution in [2.75, 3.05) is 19.6 Å². The van der Waals surface area contributed by atoms with Gasteiger partial charge in [-0.2, -0.15) is 0 Å². The third-order valence-corrected chi connectivity index (χ3v) is 3.20. The fraction of sp³-hybridized carbons (Fsp3) is 0.545. The van der Waals surface area contributed by atoms with Crippen LogP contribution >= 0.6 is 11.3 Å². The average molecular weight is 226 g/mol. The van der Waals surface area contributed by atoms with Crippen molar-refractivity contribution in [3.63, 3.8) is 0 Å². The van der Waals surface area contributed by atoms with E-state index in [0.29, 0.717) is 12.6 Å². The lowest BCUT2D eigenvalue weighted by molar-refractivity contribution is -0.107. The monoisotopic (exact) mass is 226 g/mol. The van der Waals surface area contributed by atoms with Crippen LogP contribution in [0.4, 0.5) is 0 Å². The van der Waals surface area contributed by atoms with E-state index in [1.165, 1.54) is 4.88 Å². The maximum absolute atomic E-state index is 10.1. The average Bonchev–Trinajstić information content (AvgIpc) is 2.77. The summed E-state index contributed by atoms with van der Waals surface area (Å²) in [5, 5.41) is 8.60. The van der Waals surface area contributed by atoms with Crippen LogP contribution in [0.25, 0.3) is 0 Å². The molecule has 0 aliphatic carbocycles. The Labute approximate surface area is 94.9 Å². The van der Waals surface area contributed by atoms with Crippen molar-refractivity contribution in [3.05, 3.63) is 22.4 Å². The van der Waals surface area contributed by atoms with Crippen molar-refractivity contribution < 1.29 is 4.79 Å². The van der Waals surface area contributed by atoms with Gasteiger partial charge in [-0.1, -0.05) is 13.0 Å². The summed E-state index contributed by atoms with van der Waals surface area (Å²) in [6.07, 6.45) is 1.98. The van der Waals surface area contributed by atoms with Gasteiger partial charge < -0.3 is 15.4 Å². The summed E-state index contributed by atoms with van der Waals surface area (Å²) >= 11 is 1.78. The topological polar surface area (TPSA) is 41.1 Å². The standard InChI is InChI=1S/C11H18N2OS/c1-2-10(11-4-3-9-15-11)13-6-5-12-7-8-14/h3-4,8-10,12-13H,2,5-7H2,1H3. The van der Waals surface area contributed by atoms with Crippen LogP contribution in [0, 0.1) is 0 Å². The van der Waals surface area contributed by atoms with Crippen molar-refractivity contribution >= 4 is 17.6 Å². The Morgan fingerprint density at radius 3 is 3.00 bits per heavy atom. The largest absolute Gasteiger partial charge is 0.309 e. The normalized spacial score (nSPS) is 12.6. The van der Waals surface area contributed by atoms with Gasteiger partial charge in [-0.3, -0.25) is 0 Å². The zero-order chi connectivity index (χ0) is 10.9. The molecule has 0 saturated carbocycles. The molecule has 0 saturated heterocycles. The van der Waals surface area contributed by atoms with Gasteiger partial charge in [-0.15, -0.1) is 11.3 Å². The number of hydrogen-bond donors (Lipinski definition) is 2. The molecule has 1 heterocycles. The van der Waals surface area contributed by atoms with Crippen LogP contribution in [0.15, 0.2) is 17.5 Å². The summed E-state index contributed by atoms with van der Waals surface area (Å²) in [5.41, 5.74) is 0. The number of hydrogen-bond acceptors (Lipinski definition) is 4. The molecule has 1 aromatic rings. The second kappa shape index (κ2) is 7.56. The van der Waals surface area contributed by atoms with Crippen molar-refractivity contribution in [3.8, 4) is 0 Å². The van der Waals surface area contributed by atoms with Gasteiger partial charge in [-0.25, -0.2) is 0 Å². The minimum atomic E-state index is 0.442. The van der Waals surface area contributed by atoms with Crippen molar-refractivity contribution in [1.29, 1.82) is 0 Å². The molecule has 2 N–H and O–H groups in total. The molecule has 1 atom stereocenters. The zero-order valence-electron chi connectivity index (χ0n) is 9.03. The number of nitrogens with one attached hydrogen (secondary N) is 2. The van der Waals surface area contributed by atoms with Gasteiger partial charge in [0, 0.05) is 24.0 Å². The fourth-order valence-corrected chi connectivity index (χ4v) is 2.32. The number of rotatable bonds is 8. The Hall–Kier alpha value is -0.710. The highest BCUT2D eigenvalue weighted by atomic mass is 32.1. The van der Waals surface area contributed by atoms with E-state index in [0.717, 1.165) is 25.8 Å². The summed E-state index contributed by atoms with van der Waals surface area (Å²) in [5.74, 6) is 0. The third kappa shape index (κ3) is 4.55. The molecule has 0 bridgehead atoms. The Morgan fingerprint density at radius 1 is 1.53 bits per heavy atom. The Bertz CT molecular complexity index is 262. The molecule has 4 heteroatoms. The molecule has 0 aliphatic rings. The molecule has 0 radical (unpaired) electrons. The highest BCUT2D eigenvalue weighted by Gasteiger charge is 2.08. The Morgan fingerprint density at radius 2 is 2.40 bits per heavy atom. The first-order chi connectivity index (χ1) is 7.38. The minimum absolute atomic E-state index is 0.442. The van der Waals surface area contributed by atoms with E-state index < -0.39 is 0 Å².